The van der Waals surface area contributed by atoms with Crippen LogP contribution in [0.3, 0.4) is 0 Å². The van der Waals surface area contributed by atoms with Crippen LogP contribution in [0.5, 0.6) is 5.75 Å². The third-order valence-corrected chi connectivity index (χ3v) is 4.33. The Kier molecular flexibility index (Phi) is 4.00. The molecule has 106 valence electrons. The molecule has 1 aliphatic rings. The van der Waals surface area contributed by atoms with Crippen LogP contribution in [0.1, 0.15) is 16.6 Å². The van der Waals surface area contributed by atoms with Crippen LogP contribution in [0.25, 0.3) is 11.3 Å². The maximum absolute atomic E-state index is 5.49. The number of ether oxygens (including phenoxy) is 2. The highest BCUT2D eigenvalue weighted by molar-refractivity contribution is 7.10. The van der Waals surface area contributed by atoms with Crippen LogP contribution >= 0.6 is 11.3 Å². The van der Waals surface area contributed by atoms with Gasteiger partial charge in [0.1, 0.15) is 10.8 Å². The van der Waals surface area contributed by atoms with Crippen LogP contribution in [0.15, 0.2) is 23.6 Å². The molecule has 1 aromatic carbocycles. The average Bonchev–Trinajstić information content (AvgIpc) is 2.98. The summed E-state index contributed by atoms with van der Waals surface area (Å²) < 4.78 is 10.9. The molecule has 1 fully saturated rings. The molecule has 0 spiro atoms. The molecule has 1 N–H and O–H groups in total. The standard InChI is InChI=1S/C15H18N2O2S/c1-10-3-4-14(18-2)11(7-10)13-9-20-15(17-13)12-8-19-6-5-16-12/h3-4,7,9,12,16H,5-6,8H2,1-2H3. The highest BCUT2D eigenvalue weighted by Crippen LogP contribution is 2.33. The zero-order valence-electron chi connectivity index (χ0n) is 11.7. The first kappa shape index (κ1) is 13.5. The molecule has 1 aliphatic heterocycles. The summed E-state index contributed by atoms with van der Waals surface area (Å²) in [6.07, 6.45) is 0. The predicted octanol–water partition coefficient (Wildman–Crippen LogP) is 2.79. The molecule has 20 heavy (non-hydrogen) atoms. The highest BCUT2D eigenvalue weighted by Gasteiger charge is 2.19. The first-order valence-electron chi connectivity index (χ1n) is 6.69. The monoisotopic (exact) mass is 290 g/mol. The quantitative estimate of drug-likeness (QED) is 0.944. The number of rotatable bonds is 3. The predicted molar refractivity (Wildman–Crippen MR) is 80.4 cm³/mol. The number of methoxy groups -OCH3 is 1. The van der Waals surface area contributed by atoms with Crippen molar-refractivity contribution in [3.8, 4) is 17.0 Å². The van der Waals surface area contributed by atoms with E-state index in [1.807, 2.05) is 12.1 Å². The summed E-state index contributed by atoms with van der Waals surface area (Å²) >= 11 is 1.67. The maximum Gasteiger partial charge on any atom is 0.128 e. The first-order chi connectivity index (χ1) is 9.78. The lowest BCUT2D eigenvalue weighted by atomic mass is 10.1. The molecule has 1 aromatic heterocycles. The normalized spacial score (nSPS) is 19.0. The third-order valence-electron chi connectivity index (χ3n) is 3.37. The van der Waals surface area contributed by atoms with E-state index in [1.54, 1.807) is 18.4 Å². The van der Waals surface area contributed by atoms with E-state index in [1.165, 1.54) is 5.56 Å². The zero-order chi connectivity index (χ0) is 13.9. The van der Waals surface area contributed by atoms with Gasteiger partial charge in [0, 0.05) is 17.5 Å². The topological polar surface area (TPSA) is 43.4 Å². The van der Waals surface area contributed by atoms with E-state index in [2.05, 4.69) is 23.7 Å². The van der Waals surface area contributed by atoms with Gasteiger partial charge in [-0.3, -0.25) is 0 Å². The van der Waals surface area contributed by atoms with Gasteiger partial charge in [-0.25, -0.2) is 4.98 Å². The van der Waals surface area contributed by atoms with Crippen molar-refractivity contribution >= 4 is 11.3 Å². The molecule has 0 radical (unpaired) electrons. The number of aromatic nitrogens is 1. The Morgan fingerprint density at radius 3 is 3.10 bits per heavy atom. The minimum absolute atomic E-state index is 0.207. The molecular formula is C15H18N2O2S. The van der Waals surface area contributed by atoms with E-state index in [0.29, 0.717) is 6.61 Å². The molecule has 3 rings (SSSR count). The molecule has 2 heterocycles. The van der Waals surface area contributed by atoms with Gasteiger partial charge in [-0.1, -0.05) is 11.6 Å². The second kappa shape index (κ2) is 5.91. The SMILES string of the molecule is COc1ccc(C)cc1-c1csc(C2COCCN2)n1. The van der Waals surface area contributed by atoms with Gasteiger partial charge in [-0.2, -0.15) is 0 Å². The molecule has 2 aromatic rings. The van der Waals surface area contributed by atoms with Crippen molar-refractivity contribution in [1.82, 2.24) is 10.3 Å². The van der Waals surface area contributed by atoms with Gasteiger partial charge in [-0.15, -0.1) is 11.3 Å². The number of morpholine rings is 1. The van der Waals surface area contributed by atoms with Crippen molar-refractivity contribution in [1.29, 1.82) is 0 Å². The first-order valence-corrected chi connectivity index (χ1v) is 7.57. The second-order valence-electron chi connectivity index (χ2n) is 4.86. The van der Waals surface area contributed by atoms with Crippen LogP contribution in [0.4, 0.5) is 0 Å². The molecule has 0 amide bonds. The van der Waals surface area contributed by atoms with Gasteiger partial charge in [-0.05, 0) is 19.1 Å². The highest BCUT2D eigenvalue weighted by atomic mass is 32.1. The fourth-order valence-corrected chi connectivity index (χ4v) is 3.20. The summed E-state index contributed by atoms with van der Waals surface area (Å²) in [5, 5.41) is 6.59. The van der Waals surface area contributed by atoms with Gasteiger partial charge in [0.05, 0.1) is 32.1 Å². The number of hydrogen-bond acceptors (Lipinski definition) is 5. The number of aryl methyl sites for hydroxylation is 1. The van der Waals surface area contributed by atoms with E-state index in [9.17, 15) is 0 Å². The number of nitrogens with zero attached hydrogens (tertiary/aromatic N) is 1. The second-order valence-corrected chi connectivity index (χ2v) is 5.75. The molecule has 1 saturated heterocycles. The summed E-state index contributed by atoms with van der Waals surface area (Å²) in [6, 6.07) is 6.36. The van der Waals surface area contributed by atoms with Crippen LogP contribution in [0.2, 0.25) is 0 Å². The lowest BCUT2D eigenvalue weighted by Gasteiger charge is -2.21. The van der Waals surface area contributed by atoms with Crippen molar-refractivity contribution in [2.45, 2.75) is 13.0 Å². The van der Waals surface area contributed by atoms with Gasteiger partial charge in [0.15, 0.2) is 0 Å². The van der Waals surface area contributed by atoms with Crippen LogP contribution in [0, 0.1) is 6.92 Å². The Morgan fingerprint density at radius 2 is 2.35 bits per heavy atom. The molecule has 0 bridgehead atoms. The van der Waals surface area contributed by atoms with Crippen LogP contribution in [-0.4, -0.2) is 31.9 Å². The number of benzene rings is 1. The Balaban J connectivity index is 1.91. The van der Waals surface area contributed by atoms with E-state index < -0.39 is 0 Å². The fourth-order valence-electron chi connectivity index (χ4n) is 2.32. The van der Waals surface area contributed by atoms with Crippen LogP contribution in [-0.2, 0) is 4.74 Å². The lowest BCUT2D eigenvalue weighted by molar-refractivity contribution is 0.0768. The van der Waals surface area contributed by atoms with E-state index >= 15 is 0 Å². The summed E-state index contributed by atoms with van der Waals surface area (Å²) in [7, 11) is 1.69. The summed E-state index contributed by atoms with van der Waals surface area (Å²) in [4.78, 5) is 4.75. The molecule has 1 atom stereocenters. The van der Waals surface area contributed by atoms with Crippen LogP contribution < -0.4 is 10.1 Å². The van der Waals surface area contributed by atoms with E-state index in [-0.39, 0.29) is 6.04 Å². The number of hydrogen-bond donors (Lipinski definition) is 1. The Labute approximate surface area is 122 Å². The minimum atomic E-state index is 0.207. The average molecular weight is 290 g/mol. The minimum Gasteiger partial charge on any atom is -0.496 e. The smallest absolute Gasteiger partial charge is 0.128 e. The molecule has 4 nitrogen and oxygen atoms in total. The molecule has 0 aliphatic carbocycles. The Morgan fingerprint density at radius 1 is 1.45 bits per heavy atom. The van der Waals surface area contributed by atoms with Gasteiger partial charge >= 0.3 is 0 Å². The van der Waals surface area contributed by atoms with Crippen molar-refractivity contribution in [2.75, 3.05) is 26.9 Å². The summed E-state index contributed by atoms with van der Waals surface area (Å²) in [6.45, 7) is 4.43. The Bertz CT molecular complexity index is 591. The lowest BCUT2D eigenvalue weighted by Crippen LogP contribution is -2.34. The molecule has 0 saturated carbocycles. The molecule has 1 unspecified atom stereocenters. The van der Waals surface area contributed by atoms with E-state index in [0.717, 1.165) is 35.2 Å². The van der Waals surface area contributed by atoms with E-state index in [4.69, 9.17) is 14.5 Å². The molecule has 5 heteroatoms. The van der Waals surface area contributed by atoms with Gasteiger partial charge < -0.3 is 14.8 Å². The molecular weight excluding hydrogens is 272 g/mol. The van der Waals surface area contributed by atoms with Gasteiger partial charge in [0.25, 0.3) is 0 Å². The maximum atomic E-state index is 5.49. The Hall–Kier alpha value is -1.43. The summed E-state index contributed by atoms with van der Waals surface area (Å²) in [5.41, 5.74) is 3.22. The number of thiazole rings is 1. The summed E-state index contributed by atoms with van der Waals surface area (Å²) in [5.74, 6) is 0.861. The third kappa shape index (κ3) is 2.70. The van der Waals surface area contributed by atoms with Crippen molar-refractivity contribution in [2.24, 2.45) is 0 Å². The fraction of sp³-hybridized carbons (Fsp3) is 0.400. The van der Waals surface area contributed by atoms with Gasteiger partial charge in [0.2, 0.25) is 0 Å². The zero-order valence-corrected chi connectivity index (χ0v) is 12.5. The van der Waals surface area contributed by atoms with Crippen molar-refractivity contribution < 1.29 is 9.47 Å². The van der Waals surface area contributed by atoms with Crippen molar-refractivity contribution in [3.05, 3.63) is 34.2 Å². The number of nitrogens with one attached hydrogen (secondary N) is 1. The van der Waals surface area contributed by atoms with Crippen molar-refractivity contribution in [3.63, 3.8) is 0 Å². The largest absolute Gasteiger partial charge is 0.496 e.